The Morgan fingerprint density at radius 2 is 0.701 bits per heavy atom. The van der Waals surface area contributed by atoms with E-state index in [0.717, 1.165) is 70.6 Å². The minimum Gasteiger partial charge on any atom is -0.395 e. The zero-order valence-electron chi connectivity index (χ0n) is 45.0. The average molecular weight is 952 g/mol. The van der Waals surface area contributed by atoms with Crippen LogP contribution in [-0.4, -0.2) is 145 Å². The number of aldehydes is 1. The predicted molar refractivity (Wildman–Crippen MR) is 282 cm³/mol. The lowest BCUT2D eigenvalue weighted by Crippen LogP contribution is -2.50. The molecule has 12 nitrogen and oxygen atoms in total. The lowest BCUT2D eigenvalue weighted by atomic mass is 10.1. The third-order valence-corrected chi connectivity index (χ3v) is 12.9. The SMILES string of the molecule is CCCCCCCCCCN(C)CC(N)=O.CCCCCCCCCCN(CC=O)C(=O)CN(CCCCCCCCCC)C(=O)CN(CCCCCCCCCC)C(=O)CN(CC)CCO. The van der Waals surface area contributed by atoms with E-state index in [1.807, 2.05) is 23.8 Å². The summed E-state index contributed by atoms with van der Waals surface area (Å²) >= 11 is 0. The van der Waals surface area contributed by atoms with Crippen molar-refractivity contribution in [3.05, 3.63) is 0 Å². The summed E-state index contributed by atoms with van der Waals surface area (Å²) in [6.45, 7) is 14.8. The maximum absolute atomic E-state index is 14.0. The monoisotopic (exact) mass is 951 g/mol. The molecule has 0 heterocycles. The van der Waals surface area contributed by atoms with Crippen molar-refractivity contribution in [1.29, 1.82) is 0 Å². The molecule has 0 fully saturated rings. The Kier molecular flexibility index (Phi) is 50.9. The van der Waals surface area contributed by atoms with Gasteiger partial charge in [-0.3, -0.25) is 29.0 Å². The van der Waals surface area contributed by atoms with Gasteiger partial charge in [0.25, 0.3) is 0 Å². The Morgan fingerprint density at radius 1 is 0.403 bits per heavy atom. The smallest absolute Gasteiger partial charge is 0.242 e. The van der Waals surface area contributed by atoms with Gasteiger partial charge in [-0.1, -0.05) is 214 Å². The molecule has 0 bridgehead atoms. The molecular formula is C55H110N6O6. The maximum atomic E-state index is 14.0. The zero-order chi connectivity index (χ0) is 50.0. The van der Waals surface area contributed by atoms with Crippen LogP contribution in [0.4, 0.5) is 0 Å². The number of nitrogens with two attached hydrogens (primary N) is 1. The van der Waals surface area contributed by atoms with Crippen molar-refractivity contribution in [2.45, 2.75) is 240 Å². The molecule has 0 aliphatic rings. The minimum atomic E-state index is -0.234. The van der Waals surface area contributed by atoms with Crippen LogP contribution < -0.4 is 5.73 Å². The quantitative estimate of drug-likeness (QED) is 0.0452. The van der Waals surface area contributed by atoms with Gasteiger partial charge < -0.3 is 30.3 Å². The molecule has 0 saturated heterocycles. The van der Waals surface area contributed by atoms with E-state index < -0.39 is 0 Å². The molecule has 0 aromatic carbocycles. The summed E-state index contributed by atoms with van der Waals surface area (Å²) in [6, 6.07) is 0. The van der Waals surface area contributed by atoms with Crippen molar-refractivity contribution < 1.29 is 29.1 Å². The van der Waals surface area contributed by atoms with E-state index in [-0.39, 0.29) is 56.4 Å². The second kappa shape index (κ2) is 51.3. The molecule has 3 N–H and O–H groups in total. The van der Waals surface area contributed by atoms with Crippen LogP contribution in [0.1, 0.15) is 240 Å². The first-order valence-corrected chi connectivity index (χ1v) is 28.1. The number of primary amides is 1. The number of hydrogen-bond acceptors (Lipinski definition) is 8. The van der Waals surface area contributed by atoms with E-state index in [4.69, 9.17) is 5.73 Å². The average Bonchev–Trinajstić information content (AvgIpc) is 3.30. The van der Waals surface area contributed by atoms with Crippen LogP contribution in [0, 0.1) is 0 Å². The number of nitrogens with zero attached hydrogens (tertiary/aromatic N) is 5. The molecule has 0 spiro atoms. The second-order valence-corrected chi connectivity index (χ2v) is 19.3. The van der Waals surface area contributed by atoms with Gasteiger partial charge in [-0.15, -0.1) is 0 Å². The highest BCUT2D eigenvalue weighted by atomic mass is 16.3. The summed E-state index contributed by atoms with van der Waals surface area (Å²) in [7, 11) is 1.95. The third kappa shape index (κ3) is 44.4. The highest BCUT2D eigenvalue weighted by molar-refractivity contribution is 5.89. The van der Waals surface area contributed by atoms with E-state index in [1.54, 1.807) is 14.7 Å². The number of carbonyl (C=O) groups excluding carboxylic acids is 5. The number of unbranched alkanes of at least 4 members (excludes halogenated alkanes) is 28. The molecule has 0 rings (SSSR count). The first-order valence-electron chi connectivity index (χ1n) is 28.1. The number of hydrogen-bond donors (Lipinski definition) is 2. The van der Waals surface area contributed by atoms with E-state index in [0.29, 0.717) is 39.3 Å². The van der Waals surface area contributed by atoms with Gasteiger partial charge in [0.05, 0.1) is 39.3 Å². The highest BCUT2D eigenvalue weighted by Crippen LogP contribution is 2.14. The van der Waals surface area contributed by atoms with Crippen molar-refractivity contribution in [1.82, 2.24) is 24.5 Å². The molecule has 0 aromatic rings. The summed E-state index contributed by atoms with van der Waals surface area (Å²) in [6.07, 6.45) is 38.9. The second-order valence-electron chi connectivity index (χ2n) is 19.3. The minimum absolute atomic E-state index is 0.0250. The molecule has 67 heavy (non-hydrogen) atoms. The van der Waals surface area contributed by atoms with Crippen molar-refractivity contribution in [3.8, 4) is 0 Å². The Morgan fingerprint density at radius 3 is 1.01 bits per heavy atom. The van der Waals surface area contributed by atoms with E-state index in [2.05, 4.69) is 27.7 Å². The fourth-order valence-electron chi connectivity index (χ4n) is 8.47. The van der Waals surface area contributed by atoms with Crippen molar-refractivity contribution in [3.63, 3.8) is 0 Å². The van der Waals surface area contributed by atoms with Gasteiger partial charge in [-0.25, -0.2) is 0 Å². The van der Waals surface area contributed by atoms with E-state index >= 15 is 0 Å². The maximum Gasteiger partial charge on any atom is 0.242 e. The molecule has 0 aliphatic heterocycles. The zero-order valence-corrected chi connectivity index (χ0v) is 45.0. The highest BCUT2D eigenvalue weighted by Gasteiger charge is 2.25. The van der Waals surface area contributed by atoms with Crippen LogP contribution in [0.15, 0.2) is 0 Å². The normalized spacial score (nSPS) is 11.2. The standard InChI is InChI=1S/C42H82N4O5.C13H28N2O/c1-5-9-12-15-18-21-24-27-30-44(34-36-48)41(50)38-46(32-29-26-23-20-17-14-11-7-3)42(51)39-45(40(49)37-43(8-4)33-35-47)31-28-25-22-19-16-13-10-6-2;1-3-4-5-6-7-8-9-10-11-15(2)12-13(14)16/h36,47H,5-35,37-39H2,1-4H3;3-12H2,1-2H3,(H2,14,16). The lowest BCUT2D eigenvalue weighted by Gasteiger charge is -2.30. The molecule has 0 atom stereocenters. The number of amides is 4. The molecule has 0 aromatic heterocycles. The van der Waals surface area contributed by atoms with Crippen LogP contribution in [0.25, 0.3) is 0 Å². The van der Waals surface area contributed by atoms with E-state index in [1.165, 1.54) is 148 Å². The number of rotatable bonds is 49. The Hall–Kier alpha value is -2.57. The van der Waals surface area contributed by atoms with Gasteiger partial charge in [0.15, 0.2) is 0 Å². The van der Waals surface area contributed by atoms with Crippen LogP contribution in [-0.2, 0) is 24.0 Å². The van der Waals surface area contributed by atoms with Gasteiger partial charge in [0.1, 0.15) is 6.29 Å². The lowest BCUT2D eigenvalue weighted by molar-refractivity contribution is -0.145. The van der Waals surface area contributed by atoms with Gasteiger partial charge >= 0.3 is 0 Å². The Bertz CT molecular complexity index is 1140. The van der Waals surface area contributed by atoms with Crippen molar-refractivity contribution in [2.75, 3.05) is 85.6 Å². The van der Waals surface area contributed by atoms with Crippen LogP contribution in [0.5, 0.6) is 0 Å². The van der Waals surface area contributed by atoms with Crippen LogP contribution in [0.2, 0.25) is 0 Å². The molecular weight excluding hydrogens is 841 g/mol. The summed E-state index contributed by atoms with van der Waals surface area (Å²) in [4.78, 5) is 72.2. The predicted octanol–water partition coefficient (Wildman–Crippen LogP) is 11.0. The van der Waals surface area contributed by atoms with Crippen LogP contribution in [0.3, 0.4) is 0 Å². The molecule has 4 amide bonds. The van der Waals surface area contributed by atoms with Crippen LogP contribution >= 0.6 is 0 Å². The summed E-state index contributed by atoms with van der Waals surface area (Å²) < 4.78 is 0. The topological polar surface area (TPSA) is 148 Å². The summed E-state index contributed by atoms with van der Waals surface area (Å²) in [5.74, 6) is -0.749. The Labute approximate surface area is 413 Å². The third-order valence-electron chi connectivity index (χ3n) is 12.9. The van der Waals surface area contributed by atoms with Gasteiger partial charge in [0, 0.05) is 26.2 Å². The molecule has 0 aliphatic carbocycles. The molecule has 0 saturated carbocycles. The van der Waals surface area contributed by atoms with Crippen molar-refractivity contribution in [2.24, 2.45) is 5.73 Å². The number of aliphatic hydroxyl groups is 1. The molecule has 0 radical (unpaired) electrons. The van der Waals surface area contributed by atoms with Gasteiger partial charge in [-0.2, -0.15) is 0 Å². The Balaban J connectivity index is 0. The number of likely N-dealkylation sites (N-methyl/N-ethyl adjacent to an activating group) is 2. The fourth-order valence-corrected chi connectivity index (χ4v) is 8.47. The molecule has 12 heteroatoms. The number of aliphatic hydroxyl groups excluding tert-OH is 1. The van der Waals surface area contributed by atoms with Gasteiger partial charge in [0.2, 0.25) is 23.6 Å². The molecule has 0 unspecified atom stereocenters. The van der Waals surface area contributed by atoms with E-state index in [9.17, 15) is 29.1 Å². The first-order chi connectivity index (χ1) is 32.5. The fraction of sp³-hybridized carbons (Fsp3) is 0.909. The number of carbonyl (C=O) groups is 5. The van der Waals surface area contributed by atoms with Gasteiger partial charge in [-0.05, 0) is 45.8 Å². The summed E-state index contributed by atoms with van der Waals surface area (Å²) in [5.41, 5.74) is 5.11. The first kappa shape index (κ1) is 66.5. The molecule has 396 valence electrons. The van der Waals surface area contributed by atoms with Crippen molar-refractivity contribution >= 4 is 29.9 Å². The largest absolute Gasteiger partial charge is 0.395 e. The summed E-state index contributed by atoms with van der Waals surface area (Å²) in [5, 5.41) is 9.49.